The van der Waals surface area contributed by atoms with E-state index in [1.54, 1.807) is 25.1 Å². The Morgan fingerprint density at radius 1 is 1.33 bits per heavy atom. The number of halogens is 2. The Hall–Kier alpha value is -1.94. The van der Waals surface area contributed by atoms with Gasteiger partial charge in [-0.25, -0.2) is 4.39 Å². The molecule has 0 radical (unpaired) electrons. The van der Waals surface area contributed by atoms with E-state index in [1.165, 1.54) is 18.3 Å². The second kappa shape index (κ2) is 5.14. The second-order valence-electron chi connectivity index (χ2n) is 3.78. The van der Waals surface area contributed by atoms with Crippen LogP contribution in [0.2, 0.25) is 5.02 Å². The van der Waals surface area contributed by atoms with E-state index in [4.69, 9.17) is 11.6 Å². The maximum absolute atomic E-state index is 13.3. The van der Waals surface area contributed by atoms with Crippen LogP contribution in [0.15, 0.2) is 36.5 Å². The first-order valence-electron chi connectivity index (χ1n) is 5.25. The number of benzene rings is 1. The van der Waals surface area contributed by atoms with E-state index in [0.717, 1.165) is 0 Å². The molecule has 0 unspecified atom stereocenters. The van der Waals surface area contributed by atoms with Crippen LogP contribution in [0, 0.1) is 12.7 Å². The first-order chi connectivity index (χ1) is 8.56. The van der Waals surface area contributed by atoms with Crippen LogP contribution in [0.25, 0.3) is 0 Å². The molecule has 0 aliphatic heterocycles. The smallest absolute Gasteiger partial charge is 0.274 e. The highest BCUT2D eigenvalue weighted by Gasteiger charge is 2.09. The molecule has 3 nitrogen and oxygen atoms in total. The average molecular weight is 265 g/mol. The normalized spacial score (nSPS) is 10.2. The fourth-order valence-corrected chi connectivity index (χ4v) is 1.55. The van der Waals surface area contributed by atoms with Gasteiger partial charge in [0.25, 0.3) is 5.91 Å². The van der Waals surface area contributed by atoms with Crippen LogP contribution < -0.4 is 5.32 Å². The van der Waals surface area contributed by atoms with E-state index >= 15 is 0 Å². The highest BCUT2D eigenvalue weighted by molar-refractivity contribution is 6.30. The number of nitrogens with zero attached hydrogens (tertiary/aromatic N) is 1. The summed E-state index contributed by atoms with van der Waals surface area (Å²) in [4.78, 5) is 15.7. The number of amides is 1. The zero-order valence-electron chi connectivity index (χ0n) is 9.58. The van der Waals surface area contributed by atoms with Crippen LogP contribution >= 0.6 is 11.6 Å². The van der Waals surface area contributed by atoms with Crippen molar-refractivity contribution in [2.45, 2.75) is 6.92 Å². The Morgan fingerprint density at radius 3 is 2.78 bits per heavy atom. The van der Waals surface area contributed by atoms with Gasteiger partial charge in [0.05, 0.1) is 0 Å². The Balaban J connectivity index is 2.18. The minimum absolute atomic E-state index is 0.184. The average Bonchev–Trinajstić information content (AvgIpc) is 2.34. The fraction of sp³-hybridized carbons (Fsp3) is 0.0769. The molecule has 0 atom stereocenters. The van der Waals surface area contributed by atoms with Crippen molar-refractivity contribution in [2.24, 2.45) is 0 Å². The van der Waals surface area contributed by atoms with Crippen molar-refractivity contribution in [3.05, 3.63) is 58.6 Å². The van der Waals surface area contributed by atoms with Crippen LogP contribution in [-0.4, -0.2) is 10.9 Å². The molecule has 2 aromatic rings. The first kappa shape index (κ1) is 12.5. The van der Waals surface area contributed by atoms with Gasteiger partial charge in [-0.2, -0.15) is 0 Å². The molecule has 1 heterocycles. The summed E-state index contributed by atoms with van der Waals surface area (Å²) >= 11 is 5.76. The maximum atomic E-state index is 13.3. The van der Waals surface area contributed by atoms with Gasteiger partial charge in [-0.15, -0.1) is 0 Å². The van der Waals surface area contributed by atoms with Crippen molar-refractivity contribution in [3.8, 4) is 0 Å². The number of aryl methyl sites for hydroxylation is 1. The van der Waals surface area contributed by atoms with E-state index in [0.29, 0.717) is 16.3 Å². The molecule has 1 N–H and O–H groups in total. The number of hydrogen-bond donors (Lipinski definition) is 1. The third-order valence-electron chi connectivity index (χ3n) is 2.38. The topological polar surface area (TPSA) is 42.0 Å². The Labute approximate surface area is 109 Å². The largest absolute Gasteiger partial charge is 0.321 e. The molecule has 0 spiro atoms. The van der Waals surface area contributed by atoms with Crippen LogP contribution in [-0.2, 0) is 0 Å². The number of pyridine rings is 1. The number of hydrogen-bond acceptors (Lipinski definition) is 2. The summed E-state index contributed by atoms with van der Waals surface area (Å²) < 4.78 is 13.3. The third kappa shape index (κ3) is 2.84. The first-order valence-corrected chi connectivity index (χ1v) is 5.63. The monoisotopic (exact) mass is 264 g/mol. The molecule has 92 valence electrons. The highest BCUT2D eigenvalue weighted by Crippen LogP contribution is 2.15. The van der Waals surface area contributed by atoms with E-state index in [1.807, 2.05) is 0 Å². The molecular formula is C13H10ClFN2O. The molecule has 18 heavy (non-hydrogen) atoms. The van der Waals surface area contributed by atoms with E-state index < -0.39 is 5.91 Å². The molecule has 0 aliphatic rings. The number of anilines is 1. The van der Waals surface area contributed by atoms with Gasteiger partial charge in [-0.05, 0) is 36.8 Å². The van der Waals surface area contributed by atoms with Crippen molar-refractivity contribution < 1.29 is 9.18 Å². The van der Waals surface area contributed by atoms with E-state index in [9.17, 15) is 9.18 Å². The molecule has 1 amide bonds. The number of nitrogens with one attached hydrogen (secondary N) is 1. The zero-order chi connectivity index (χ0) is 13.1. The fourth-order valence-electron chi connectivity index (χ4n) is 1.39. The van der Waals surface area contributed by atoms with Gasteiger partial charge in [0, 0.05) is 16.9 Å². The summed E-state index contributed by atoms with van der Waals surface area (Å²) in [5.74, 6) is -0.799. The molecule has 1 aromatic heterocycles. The lowest BCUT2D eigenvalue weighted by Gasteiger charge is -2.06. The quantitative estimate of drug-likeness (QED) is 0.903. The molecule has 1 aromatic carbocycles. The molecule has 0 aliphatic carbocycles. The van der Waals surface area contributed by atoms with Crippen molar-refractivity contribution in [2.75, 3.05) is 5.32 Å². The molecule has 0 bridgehead atoms. The Morgan fingerprint density at radius 2 is 2.11 bits per heavy atom. The predicted octanol–water partition coefficient (Wildman–Crippen LogP) is 3.43. The molecule has 0 fully saturated rings. The Bertz CT molecular complexity index is 601. The maximum Gasteiger partial charge on any atom is 0.274 e. The standard InChI is InChI=1S/C13H10ClFN2O/c1-8-2-3-10(7-11(8)15)17-13(18)12-6-9(14)4-5-16-12/h2-7H,1H3,(H,17,18). The van der Waals surface area contributed by atoms with Crippen molar-refractivity contribution in [3.63, 3.8) is 0 Å². The van der Waals surface area contributed by atoms with Gasteiger partial charge in [0.1, 0.15) is 11.5 Å². The third-order valence-corrected chi connectivity index (χ3v) is 2.62. The molecule has 0 saturated carbocycles. The van der Waals surface area contributed by atoms with Crippen molar-refractivity contribution in [1.29, 1.82) is 0 Å². The summed E-state index contributed by atoms with van der Waals surface area (Å²) in [7, 11) is 0. The van der Waals surface area contributed by atoms with Gasteiger partial charge >= 0.3 is 0 Å². The van der Waals surface area contributed by atoms with Crippen LogP contribution in [0.4, 0.5) is 10.1 Å². The van der Waals surface area contributed by atoms with E-state index in [-0.39, 0.29) is 11.5 Å². The lowest BCUT2D eigenvalue weighted by Crippen LogP contribution is -2.13. The van der Waals surface area contributed by atoms with Gasteiger partial charge in [0.15, 0.2) is 0 Å². The van der Waals surface area contributed by atoms with Crippen molar-refractivity contribution >= 4 is 23.2 Å². The summed E-state index contributed by atoms with van der Waals surface area (Å²) in [5.41, 5.74) is 1.09. The van der Waals surface area contributed by atoms with Crippen molar-refractivity contribution in [1.82, 2.24) is 4.98 Å². The van der Waals surface area contributed by atoms with Gasteiger partial charge < -0.3 is 5.32 Å². The minimum Gasteiger partial charge on any atom is -0.321 e. The zero-order valence-corrected chi connectivity index (χ0v) is 10.3. The van der Waals surface area contributed by atoms with Crippen LogP contribution in [0.1, 0.15) is 16.1 Å². The summed E-state index contributed by atoms with van der Waals surface area (Å²) in [6.45, 7) is 1.65. The lowest BCUT2D eigenvalue weighted by molar-refractivity contribution is 0.102. The molecule has 5 heteroatoms. The second-order valence-corrected chi connectivity index (χ2v) is 4.21. The number of rotatable bonds is 2. The van der Waals surface area contributed by atoms with Gasteiger partial charge in [0.2, 0.25) is 0 Å². The number of aromatic nitrogens is 1. The van der Waals surface area contributed by atoms with Crippen LogP contribution in [0.3, 0.4) is 0 Å². The van der Waals surface area contributed by atoms with Gasteiger partial charge in [-0.3, -0.25) is 9.78 Å². The molecular weight excluding hydrogens is 255 g/mol. The number of carbonyl (C=O) groups is 1. The summed E-state index contributed by atoms with van der Waals surface area (Å²) in [6.07, 6.45) is 1.44. The predicted molar refractivity (Wildman–Crippen MR) is 68.3 cm³/mol. The summed E-state index contributed by atoms with van der Waals surface area (Å²) in [5, 5.41) is 2.97. The SMILES string of the molecule is Cc1ccc(NC(=O)c2cc(Cl)ccn2)cc1F. The van der Waals surface area contributed by atoms with Gasteiger partial charge in [-0.1, -0.05) is 17.7 Å². The summed E-state index contributed by atoms with van der Waals surface area (Å²) in [6, 6.07) is 7.50. The minimum atomic E-state index is -0.430. The molecule has 0 saturated heterocycles. The van der Waals surface area contributed by atoms with Crippen LogP contribution in [0.5, 0.6) is 0 Å². The van der Waals surface area contributed by atoms with E-state index in [2.05, 4.69) is 10.3 Å². The highest BCUT2D eigenvalue weighted by atomic mass is 35.5. The number of carbonyl (C=O) groups excluding carboxylic acids is 1. The molecule has 2 rings (SSSR count). The lowest BCUT2D eigenvalue weighted by atomic mass is 10.2. The Kier molecular flexibility index (Phi) is 3.58.